The van der Waals surface area contributed by atoms with Crippen molar-refractivity contribution in [1.82, 2.24) is 0 Å². The number of rotatable bonds is 5. The smallest absolute Gasteiger partial charge is 0.292 e. The Balaban J connectivity index is 2.92. The number of aryl methyl sites for hydroxylation is 1. The number of nitrogens with two attached hydrogens (primary N) is 1. The molecule has 1 aromatic rings. The standard InChI is InChI=1S/C12H17N3O3/c1-3-4-9(13)12(16)14-10-7-8(2)5-6-11(10)15(17)18/h5-7,9H,3-4,13H2,1-2H3,(H,14,16)/t9-/m1/s1. The van der Waals surface area contributed by atoms with E-state index < -0.39 is 16.9 Å². The maximum Gasteiger partial charge on any atom is 0.292 e. The second-order valence-corrected chi connectivity index (χ2v) is 4.16. The number of amides is 1. The second-order valence-electron chi connectivity index (χ2n) is 4.16. The molecule has 6 heteroatoms. The van der Waals surface area contributed by atoms with E-state index in [0.717, 1.165) is 12.0 Å². The second kappa shape index (κ2) is 6.11. The lowest BCUT2D eigenvalue weighted by atomic mass is 10.1. The number of nitrogens with one attached hydrogen (secondary N) is 1. The molecule has 3 N–H and O–H groups in total. The minimum atomic E-state index is -0.643. The first-order valence-corrected chi connectivity index (χ1v) is 5.77. The number of nitro groups is 1. The summed E-state index contributed by atoms with van der Waals surface area (Å²) in [4.78, 5) is 22.0. The molecular weight excluding hydrogens is 234 g/mol. The summed E-state index contributed by atoms with van der Waals surface area (Å²) in [5.74, 6) is -0.398. The molecule has 1 atom stereocenters. The molecule has 0 aliphatic heterocycles. The van der Waals surface area contributed by atoms with Crippen molar-refractivity contribution in [1.29, 1.82) is 0 Å². The molecule has 6 nitrogen and oxygen atoms in total. The summed E-state index contributed by atoms with van der Waals surface area (Å²) in [5.41, 5.74) is 6.56. The molecular formula is C12H17N3O3. The summed E-state index contributed by atoms with van der Waals surface area (Å²) < 4.78 is 0. The van der Waals surface area contributed by atoms with Gasteiger partial charge in [0.25, 0.3) is 5.69 Å². The van der Waals surface area contributed by atoms with Crippen LogP contribution in [0, 0.1) is 17.0 Å². The van der Waals surface area contributed by atoms with Gasteiger partial charge in [0.05, 0.1) is 11.0 Å². The van der Waals surface area contributed by atoms with Crippen molar-refractivity contribution in [3.63, 3.8) is 0 Å². The van der Waals surface area contributed by atoms with E-state index in [2.05, 4.69) is 5.32 Å². The molecule has 0 bridgehead atoms. The number of benzene rings is 1. The molecule has 0 aliphatic rings. The molecule has 0 fully saturated rings. The van der Waals surface area contributed by atoms with Crippen molar-refractivity contribution >= 4 is 17.3 Å². The average Bonchev–Trinajstić information content (AvgIpc) is 2.28. The van der Waals surface area contributed by atoms with E-state index in [0.29, 0.717) is 6.42 Å². The van der Waals surface area contributed by atoms with Crippen LogP contribution in [0.25, 0.3) is 0 Å². The van der Waals surface area contributed by atoms with Gasteiger partial charge in [0, 0.05) is 6.07 Å². The van der Waals surface area contributed by atoms with Crippen LogP contribution in [0.4, 0.5) is 11.4 Å². The Morgan fingerprint density at radius 2 is 2.22 bits per heavy atom. The molecule has 0 spiro atoms. The monoisotopic (exact) mass is 251 g/mol. The molecule has 0 unspecified atom stereocenters. The highest BCUT2D eigenvalue weighted by Gasteiger charge is 2.18. The summed E-state index contributed by atoms with van der Waals surface area (Å²) in [6.07, 6.45) is 1.33. The first-order valence-electron chi connectivity index (χ1n) is 5.77. The summed E-state index contributed by atoms with van der Waals surface area (Å²) in [6, 6.07) is 3.92. The van der Waals surface area contributed by atoms with Crippen LogP contribution in [0.1, 0.15) is 25.3 Å². The van der Waals surface area contributed by atoms with Crippen molar-refractivity contribution in [3.05, 3.63) is 33.9 Å². The van der Waals surface area contributed by atoms with Crippen LogP contribution in [0.2, 0.25) is 0 Å². The number of nitro benzene ring substituents is 1. The summed E-state index contributed by atoms with van der Waals surface area (Å²) in [7, 11) is 0. The third-order valence-corrected chi connectivity index (χ3v) is 2.54. The van der Waals surface area contributed by atoms with Crippen molar-refractivity contribution in [3.8, 4) is 0 Å². The topological polar surface area (TPSA) is 98.3 Å². The zero-order valence-electron chi connectivity index (χ0n) is 10.5. The molecule has 0 aliphatic carbocycles. The van der Waals surface area contributed by atoms with E-state index in [1.54, 1.807) is 19.1 Å². The van der Waals surface area contributed by atoms with Crippen LogP contribution >= 0.6 is 0 Å². The van der Waals surface area contributed by atoms with Gasteiger partial charge in [-0.1, -0.05) is 19.4 Å². The Labute approximate surface area is 105 Å². The van der Waals surface area contributed by atoms with E-state index in [1.807, 2.05) is 6.92 Å². The Hall–Kier alpha value is -1.95. The molecule has 0 aromatic heterocycles. The largest absolute Gasteiger partial charge is 0.320 e. The SMILES string of the molecule is CCC[C@@H](N)C(=O)Nc1cc(C)ccc1[N+](=O)[O-]. The fourth-order valence-corrected chi connectivity index (χ4v) is 1.58. The van der Waals surface area contributed by atoms with Gasteiger partial charge in [-0.3, -0.25) is 14.9 Å². The Bertz CT molecular complexity index is 460. The molecule has 0 heterocycles. The van der Waals surface area contributed by atoms with Gasteiger partial charge in [-0.25, -0.2) is 0 Å². The predicted octanol–water partition coefficient (Wildman–Crippen LogP) is 1.97. The maximum atomic E-state index is 11.7. The quantitative estimate of drug-likeness (QED) is 0.617. The fourth-order valence-electron chi connectivity index (χ4n) is 1.58. The number of hydrogen-bond donors (Lipinski definition) is 2. The number of carbonyl (C=O) groups is 1. The minimum Gasteiger partial charge on any atom is -0.320 e. The lowest BCUT2D eigenvalue weighted by molar-refractivity contribution is -0.383. The number of nitrogens with zero attached hydrogens (tertiary/aromatic N) is 1. The Morgan fingerprint density at radius 3 is 2.78 bits per heavy atom. The van der Waals surface area contributed by atoms with Gasteiger partial charge >= 0.3 is 0 Å². The highest BCUT2D eigenvalue weighted by Crippen LogP contribution is 2.25. The van der Waals surface area contributed by atoms with E-state index >= 15 is 0 Å². The Morgan fingerprint density at radius 1 is 1.56 bits per heavy atom. The van der Waals surface area contributed by atoms with Crippen molar-refractivity contribution in [2.75, 3.05) is 5.32 Å². The van der Waals surface area contributed by atoms with Gasteiger partial charge in [0.15, 0.2) is 0 Å². The van der Waals surface area contributed by atoms with Crippen LogP contribution in [0.15, 0.2) is 18.2 Å². The molecule has 0 radical (unpaired) electrons. The summed E-state index contributed by atoms with van der Waals surface area (Å²) >= 11 is 0. The molecule has 1 aromatic carbocycles. The number of hydrogen-bond acceptors (Lipinski definition) is 4. The molecule has 1 rings (SSSR count). The van der Waals surface area contributed by atoms with E-state index in [1.165, 1.54) is 6.07 Å². The van der Waals surface area contributed by atoms with Gasteiger partial charge in [0.2, 0.25) is 5.91 Å². The van der Waals surface area contributed by atoms with E-state index in [-0.39, 0.29) is 11.4 Å². The zero-order valence-corrected chi connectivity index (χ0v) is 10.5. The van der Waals surface area contributed by atoms with Gasteiger partial charge in [0.1, 0.15) is 5.69 Å². The minimum absolute atomic E-state index is 0.127. The van der Waals surface area contributed by atoms with Crippen LogP contribution in [-0.4, -0.2) is 16.9 Å². The van der Waals surface area contributed by atoms with Gasteiger partial charge < -0.3 is 11.1 Å². The number of anilines is 1. The van der Waals surface area contributed by atoms with Crippen LogP contribution in [0.3, 0.4) is 0 Å². The van der Waals surface area contributed by atoms with Crippen molar-refractivity contribution in [2.45, 2.75) is 32.7 Å². The lowest BCUT2D eigenvalue weighted by Crippen LogP contribution is -2.35. The lowest BCUT2D eigenvalue weighted by Gasteiger charge is -2.11. The molecule has 18 heavy (non-hydrogen) atoms. The van der Waals surface area contributed by atoms with Gasteiger partial charge in [-0.15, -0.1) is 0 Å². The predicted molar refractivity (Wildman–Crippen MR) is 69.3 cm³/mol. The third-order valence-electron chi connectivity index (χ3n) is 2.54. The van der Waals surface area contributed by atoms with Gasteiger partial charge in [-0.05, 0) is 25.0 Å². The first kappa shape index (κ1) is 14.1. The van der Waals surface area contributed by atoms with Crippen LogP contribution in [0.5, 0.6) is 0 Å². The molecule has 0 saturated carbocycles. The zero-order chi connectivity index (χ0) is 13.7. The number of carbonyl (C=O) groups excluding carboxylic acids is 1. The first-order chi connectivity index (χ1) is 8.45. The molecule has 1 amide bonds. The van der Waals surface area contributed by atoms with Crippen molar-refractivity contribution < 1.29 is 9.72 Å². The normalized spacial score (nSPS) is 11.9. The van der Waals surface area contributed by atoms with Crippen molar-refractivity contribution in [2.24, 2.45) is 5.73 Å². The van der Waals surface area contributed by atoms with Crippen LogP contribution < -0.4 is 11.1 Å². The third kappa shape index (κ3) is 3.53. The van der Waals surface area contributed by atoms with Crippen LogP contribution in [-0.2, 0) is 4.79 Å². The summed E-state index contributed by atoms with van der Waals surface area (Å²) in [5, 5.41) is 13.3. The molecule has 0 saturated heterocycles. The average molecular weight is 251 g/mol. The fraction of sp³-hybridized carbons (Fsp3) is 0.417. The highest BCUT2D eigenvalue weighted by molar-refractivity contribution is 5.96. The summed E-state index contributed by atoms with van der Waals surface area (Å²) in [6.45, 7) is 3.72. The Kier molecular flexibility index (Phi) is 4.79. The van der Waals surface area contributed by atoms with Gasteiger partial charge in [-0.2, -0.15) is 0 Å². The van der Waals surface area contributed by atoms with E-state index in [9.17, 15) is 14.9 Å². The highest BCUT2D eigenvalue weighted by atomic mass is 16.6. The maximum absolute atomic E-state index is 11.7. The van der Waals surface area contributed by atoms with E-state index in [4.69, 9.17) is 5.73 Å². The molecule has 98 valence electrons.